The summed E-state index contributed by atoms with van der Waals surface area (Å²) in [4.78, 5) is 49.3. The fourth-order valence-electron chi connectivity index (χ4n) is 11.3. The number of amides is 2. The number of carbonyl (C=O) groups is 2. The molecule has 0 saturated carbocycles. The Labute approximate surface area is 436 Å². The summed E-state index contributed by atoms with van der Waals surface area (Å²) in [5.41, 5.74) is 15.2. The van der Waals surface area contributed by atoms with Crippen LogP contribution in [0.15, 0.2) is 95.1 Å². The first-order chi connectivity index (χ1) is 35.9. The number of pyridine rings is 1. The van der Waals surface area contributed by atoms with Crippen LogP contribution in [0, 0.1) is 12.8 Å². The fraction of sp³-hybridized carbons (Fsp3) is 0.473. The first kappa shape index (κ1) is 50.8. The SMILES string of the molecule is Cc1ncsc1-c1ccc([C@H](C)NC(=O)[C@@H]2C[C@@H](O)CN2C(=O)[C@@H](c2cc(OCCN3CCN(CCOc4cc(N5C6CCC5CN(c5cc(-c7ccccc7)nnc5N)C6)ccn4)[C@H](C)C3)no2)C(C)C)cc1. The van der Waals surface area contributed by atoms with Gasteiger partial charge in [-0.3, -0.25) is 19.4 Å². The summed E-state index contributed by atoms with van der Waals surface area (Å²) in [6.07, 6.45) is 3.38. The monoisotopic (exact) mass is 1020 g/mol. The summed E-state index contributed by atoms with van der Waals surface area (Å²) in [6.45, 7) is 16.8. The van der Waals surface area contributed by atoms with E-state index < -0.39 is 18.1 Å². The van der Waals surface area contributed by atoms with Crippen molar-refractivity contribution in [3.63, 3.8) is 0 Å². The predicted octanol–water partition coefficient (Wildman–Crippen LogP) is 6.44. The van der Waals surface area contributed by atoms with Crippen molar-refractivity contribution in [1.29, 1.82) is 0 Å². The lowest BCUT2D eigenvalue weighted by molar-refractivity contribution is -0.141. The molecule has 6 aromatic rings. The molecule has 4 fully saturated rings. The molecule has 19 heteroatoms. The third-order valence-corrected chi connectivity index (χ3v) is 16.2. The number of rotatable bonds is 18. The molecule has 0 radical (unpaired) electrons. The summed E-state index contributed by atoms with van der Waals surface area (Å²) in [5, 5.41) is 26.7. The number of nitrogens with zero attached hydrogens (tertiary/aromatic N) is 10. The molecular weight excluding hydrogens is 957 g/mol. The Bertz CT molecular complexity index is 2850. The van der Waals surface area contributed by atoms with Crippen molar-refractivity contribution in [2.75, 3.05) is 81.1 Å². The molecule has 0 spiro atoms. The number of nitrogens with two attached hydrogens (primary N) is 1. The van der Waals surface area contributed by atoms with E-state index in [4.69, 9.17) is 19.7 Å². The van der Waals surface area contributed by atoms with Crippen molar-refractivity contribution < 1.29 is 28.7 Å². The summed E-state index contributed by atoms with van der Waals surface area (Å²) in [7, 11) is 0. The van der Waals surface area contributed by atoms with Crippen LogP contribution < -0.4 is 30.3 Å². The summed E-state index contributed by atoms with van der Waals surface area (Å²) in [6, 6.07) is 25.9. The lowest BCUT2D eigenvalue weighted by atomic mass is 9.91. The maximum Gasteiger partial charge on any atom is 0.254 e. The molecule has 8 heterocycles. The van der Waals surface area contributed by atoms with E-state index in [1.54, 1.807) is 17.4 Å². The zero-order valence-corrected chi connectivity index (χ0v) is 43.7. The topological polar surface area (TPSA) is 205 Å². The number of likely N-dealkylation sites (tertiary alicyclic amines) is 1. The number of β-amino-alcohol motifs (C(OH)–C–C–N with tert-alkyl or cyclic N) is 1. The van der Waals surface area contributed by atoms with Crippen LogP contribution in [0.3, 0.4) is 0 Å². The van der Waals surface area contributed by atoms with Crippen LogP contribution in [-0.4, -0.2) is 153 Å². The van der Waals surface area contributed by atoms with E-state index in [0.29, 0.717) is 61.2 Å². The minimum Gasteiger partial charge on any atom is -0.476 e. The van der Waals surface area contributed by atoms with E-state index in [-0.39, 0.29) is 36.7 Å². The van der Waals surface area contributed by atoms with Crippen molar-refractivity contribution >= 4 is 40.3 Å². The molecule has 390 valence electrons. The average molecular weight is 1030 g/mol. The third kappa shape index (κ3) is 11.2. The number of nitrogen functional groups attached to an aromatic ring is 1. The number of carbonyl (C=O) groups excluding carboxylic acids is 2. The molecule has 2 aromatic carbocycles. The second-order valence-electron chi connectivity index (χ2n) is 20.6. The molecule has 18 nitrogen and oxygen atoms in total. The summed E-state index contributed by atoms with van der Waals surface area (Å²) < 4.78 is 18.1. The number of aliphatic hydroxyl groups excluding tert-OH is 1. The van der Waals surface area contributed by atoms with Crippen molar-refractivity contribution in [2.24, 2.45) is 5.92 Å². The zero-order valence-electron chi connectivity index (χ0n) is 42.9. The van der Waals surface area contributed by atoms with E-state index in [9.17, 15) is 14.7 Å². The molecule has 2 unspecified atom stereocenters. The maximum absolute atomic E-state index is 14.3. The first-order valence-corrected chi connectivity index (χ1v) is 26.9. The Morgan fingerprint density at radius 3 is 2.36 bits per heavy atom. The zero-order chi connectivity index (χ0) is 51.5. The molecule has 4 aromatic heterocycles. The Hall–Kier alpha value is -6.67. The fourth-order valence-corrected chi connectivity index (χ4v) is 12.1. The summed E-state index contributed by atoms with van der Waals surface area (Å²) >= 11 is 1.59. The second-order valence-corrected chi connectivity index (χ2v) is 21.5. The van der Waals surface area contributed by atoms with E-state index >= 15 is 0 Å². The normalized spacial score (nSPS) is 22.0. The standard InChI is InChI=1S/C55H68N12O6S/c1-34(2)51(55(70)66-32-44(68)26-47(66)54(69)59-36(4)38-11-13-40(14-12-38)52-37(5)58-33-74-52)48-28-50(62-73-48)72-23-21-63-19-20-64(35(3)29-63)22-24-71-49-25-41(17-18-57-49)67-42-15-16-43(67)31-65(30-42)46-27-45(60-61-53(46)56)39-9-7-6-8-10-39/h6-14,17-18,25,27-28,33-36,42-44,47,51,68H,15-16,19-24,26,29-32H2,1-5H3,(H2,56,61)(H,59,69)/t35-,36+,42?,43?,44-,47+,51-/m1/s1. The Morgan fingerprint density at radius 1 is 0.878 bits per heavy atom. The number of fused-ring (bicyclic) bond motifs is 2. The Morgan fingerprint density at radius 2 is 1.64 bits per heavy atom. The number of hydrogen-bond acceptors (Lipinski definition) is 17. The maximum atomic E-state index is 14.3. The lowest BCUT2D eigenvalue weighted by Crippen LogP contribution is -2.54. The number of ether oxygens (including phenoxy) is 2. The largest absolute Gasteiger partial charge is 0.476 e. The minimum atomic E-state index is -0.828. The Balaban J connectivity index is 0.665. The second kappa shape index (κ2) is 22.4. The van der Waals surface area contributed by atoms with Crippen LogP contribution in [0.4, 0.5) is 17.2 Å². The molecule has 10 rings (SSSR count). The van der Waals surface area contributed by atoms with E-state index in [0.717, 1.165) is 96.4 Å². The number of nitrogens with one attached hydrogen (secondary N) is 1. The smallest absolute Gasteiger partial charge is 0.254 e. The van der Waals surface area contributed by atoms with Crippen molar-refractivity contribution in [2.45, 2.75) is 96.1 Å². The van der Waals surface area contributed by atoms with Gasteiger partial charge >= 0.3 is 0 Å². The number of aryl methyl sites for hydroxylation is 1. The van der Waals surface area contributed by atoms with E-state index in [1.165, 1.54) is 4.90 Å². The van der Waals surface area contributed by atoms with Crippen LogP contribution in [0.1, 0.15) is 75.9 Å². The van der Waals surface area contributed by atoms with Crippen LogP contribution >= 0.6 is 11.3 Å². The molecule has 4 aliphatic heterocycles. The molecule has 2 bridgehead atoms. The van der Waals surface area contributed by atoms with Gasteiger partial charge in [-0.2, -0.15) is 0 Å². The van der Waals surface area contributed by atoms with E-state index in [2.05, 4.69) is 75.4 Å². The van der Waals surface area contributed by atoms with Gasteiger partial charge in [-0.25, -0.2) is 9.97 Å². The van der Waals surface area contributed by atoms with Crippen LogP contribution in [-0.2, 0) is 9.59 Å². The molecule has 4 saturated heterocycles. The number of benzene rings is 2. The number of thiazole rings is 1. The van der Waals surface area contributed by atoms with Crippen LogP contribution in [0.5, 0.6) is 11.8 Å². The van der Waals surface area contributed by atoms with Gasteiger partial charge in [-0.15, -0.1) is 21.5 Å². The highest BCUT2D eigenvalue weighted by Gasteiger charge is 2.44. The molecule has 7 atom stereocenters. The molecule has 0 aliphatic carbocycles. The number of aromatic nitrogens is 5. The van der Waals surface area contributed by atoms with Gasteiger partial charge in [0.1, 0.15) is 25.2 Å². The van der Waals surface area contributed by atoms with Gasteiger partial charge in [0.15, 0.2) is 11.6 Å². The quantitative estimate of drug-likeness (QED) is 0.0848. The lowest BCUT2D eigenvalue weighted by Gasteiger charge is -2.43. The van der Waals surface area contributed by atoms with Crippen LogP contribution in [0.25, 0.3) is 21.7 Å². The average Bonchev–Trinajstić information content (AvgIpc) is 4.21. The van der Waals surface area contributed by atoms with Gasteiger partial charge < -0.3 is 44.9 Å². The number of aliphatic hydroxyl groups is 1. The molecule has 2 amide bonds. The molecule has 4 N–H and O–H groups in total. The highest BCUT2D eigenvalue weighted by Crippen LogP contribution is 2.39. The van der Waals surface area contributed by atoms with Crippen molar-refractivity contribution in [1.82, 2.24) is 45.3 Å². The molecular formula is C55H68N12O6S. The van der Waals surface area contributed by atoms with Gasteiger partial charge in [-0.1, -0.05) is 68.4 Å². The van der Waals surface area contributed by atoms with Gasteiger partial charge in [0.25, 0.3) is 5.88 Å². The minimum absolute atomic E-state index is 0.0549. The predicted molar refractivity (Wildman–Crippen MR) is 285 cm³/mol. The Kier molecular flexibility index (Phi) is 15.4. The number of anilines is 3. The van der Waals surface area contributed by atoms with Crippen molar-refractivity contribution in [3.05, 3.63) is 108 Å². The number of piperazine rings is 2. The highest BCUT2D eigenvalue weighted by atomic mass is 32.1. The number of hydrogen-bond donors (Lipinski definition) is 3. The van der Waals surface area contributed by atoms with Gasteiger partial charge in [0, 0.05) is 106 Å². The molecule has 4 aliphatic rings. The van der Waals surface area contributed by atoms with Crippen molar-refractivity contribution in [3.8, 4) is 33.5 Å². The summed E-state index contributed by atoms with van der Waals surface area (Å²) in [5.74, 6) is 0.267. The third-order valence-electron chi connectivity index (χ3n) is 15.2. The van der Waals surface area contributed by atoms with Gasteiger partial charge in [-0.05, 0) is 67.9 Å². The van der Waals surface area contributed by atoms with Crippen LogP contribution in [0.2, 0.25) is 0 Å². The first-order valence-electron chi connectivity index (χ1n) is 26.0. The van der Waals surface area contributed by atoms with Gasteiger partial charge in [0.05, 0.1) is 39.6 Å². The highest BCUT2D eigenvalue weighted by molar-refractivity contribution is 7.13. The van der Waals surface area contributed by atoms with E-state index in [1.807, 2.05) is 94.0 Å². The van der Waals surface area contributed by atoms with Gasteiger partial charge in [0.2, 0.25) is 17.7 Å². The molecule has 74 heavy (non-hydrogen) atoms.